The van der Waals surface area contributed by atoms with Crippen molar-refractivity contribution in [3.8, 4) is 28.5 Å². The van der Waals surface area contributed by atoms with Crippen LogP contribution in [0, 0.1) is 35.7 Å². The number of H-pyrrole nitrogens is 1. The highest BCUT2D eigenvalue weighted by Gasteiger charge is 2.23. The number of rotatable bonds is 2. The van der Waals surface area contributed by atoms with E-state index >= 15 is 0 Å². The standard InChI is InChI=1S/C21H13F3N4/c1-10-2-4-11(5-3-10)17-14(8-25)19(28-21(26)18(17)24)15-9-27-20-13(15)6-12(22)7-16(20)23/h2-7,9,27H,1H3,(H2,26,28). The highest BCUT2D eigenvalue weighted by atomic mass is 19.1. The van der Waals surface area contributed by atoms with E-state index in [0.29, 0.717) is 5.56 Å². The number of anilines is 1. The van der Waals surface area contributed by atoms with Gasteiger partial charge in [-0.3, -0.25) is 0 Å². The maximum Gasteiger partial charge on any atom is 0.174 e. The number of fused-ring (bicyclic) bond motifs is 1. The molecule has 0 fully saturated rings. The van der Waals surface area contributed by atoms with E-state index in [1.54, 1.807) is 24.3 Å². The van der Waals surface area contributed by atoms with E-state index in [0.717, 1.165) is 17.7 Å². The lowest BCUT2D eigenvalue weighted by Crippen LogP contribution is -2.04. The number of nitriles is 1. The molecule has 0 amide bonds. The van der Waals surface area contributed by atoms with Crippen LogP contribution in [-0.4, -0.2) is 9.97 Å². The fourth-order valence-corrected chi connectivity index (χ4v) is 3.23. The summed E-state index contributed by atoms with van der Waals surface area (Å²) in [6.45, 7) is 1.88. The number of nitrogen functional groups attached to an aromatic ring is 1. The van der Waals surface area contributed by atoms with Crippen LogP contribution in [0.3, 0.4) is 0 Å². The lowest BCUT2D eigenvalue weighted by Gasteiger charge is -2.12. The molecule has 0 aliphatic rings. The maximum atomic E-state index is 14.8. The second-order valence-electron chi connectivity index (χ2n) is 6.40. The average Bonchev–Trinajstić information content (AvgIpc) is 3.08. The molecule has 4 rings (SSSR count). The van der Waals surface area contributed by atoms with Gasteiger partial charge >= 0.3 is 0 Å². The molecule has 0 aliphatic heterocycles. The number of nitrogens with one attached hydrogen (secondary N) is 1. The summed E-state index contributed by atoms with van der Waals surface area (Å²) in [7, 11) is 0. The third kappa shape index (κ3) is 2.67. The van der Waals surface area contributed by atoms with Crippen molar-refractivity contribution in [1.29, 1.82) is 5.26 Å². The number of hydrogen-bond acceptors (Lipinski definition) is 3. The number of benzene rings is 2. The largest absolute Gasteiger partial charge is 0.381 e. The molecule has 2 heterocycles. The van der Waals surface area contributed by atoms with Crippen molar-refractivity contribution in [3.63, 3.8) is 0 Å². The maximum absolute atomic E-state index is 14.8. The van der Waals surface area contributed by atoms with E-state index in [4.69, 9.17) is 5.73 Å². The van der Waals surface area contributed by atoms with Crippen molar-refractivity contribution < 1.29 is 13.2 Å². The van der Waals surface area contributed by atoms with Crippen LogP contribution in [0.1, 0.15) is 11.1 Å². The van der Waals surface area contributed by atoms with Crippen molar-refractivity contribution in [2.45, 2.75) is 6.92 Å². The van der Waals surface area contributed by atoms with Crippen molar-refractivity contribution in [2.24, 2.45) is 0 Å². The first-order valence-corrected chi connectivity index (χ1v) is 8.33. The zero-order valence-electron chi connectivity index (χ0n) is 14.6. The minimum absolute atomic E-state index is 0.00350. The van der Waals surface area contributed by atoms with Crippen LogP contribution >= 0.6 is 0 Å². The van der Waals surface area contributed by atoms with Crippen molar-refractivity contribution in [2.75, 3.05) is 5.73 Å². The SMILES string of the molecule is Cc1ccc(-c2c(F)c(N)nc(-c3c[nH]c4c(F)cc(F)cc34)c2C#N)cc1. The second kappa shape index (κ2) is 6.43. The van der Waals surface area contributed by atoms with Crippen molar-refractivity contribution >= 4 is 16.7 Å². The first-order valence-electron chi connectivity index (χ1n) is 8.33. The smallest absolute Gasteiger partial charge is 0.174 e. The Labute approximate surface area is 158 Å². The predicted molar refractivity (Wildman–Crippen MR) is 101 cm³/mol. The molecule has 0 saturated heterocycles. The number of pyridine rings is 1. The van der Waals surface area contributed by atoms with Gasteiger partial charge in [-0.2, -0.15) is 5.26 Å². The van der Waals surface area contributed by atoms with Gasteiger partial charge in [0.1, 0.15) is 17.7 Å². The zero-order valence-corrected chi connectivity index (χ0v) is 14.6. The Bertz CT molecular complexity index is 1270. The molecule has 4 nitrogen and oxygen atoms in total. The van der Waals surface area contributed by atoms with Gasteiger partial charge < -0.3 is 10.7 Å². The van der Waals surface area contributed by atoms with E-state index < -0.39 is 23.3 Å². The summed E-state index contributed by atoms with van der Waals surface area (Å²) in [5, 5.41) is 9.94. The van der Waals surface area contributed by atoms with Crippen LogP contribution in [0.5, 0.6) is 0 Å². The third-order valence-corrected chi connectivity index (χ3v) is 4.58. The van der Waals surface area contributed by atoms with Crippen LogP contribution in [-0.2, 0) is 0 Å². The van der Waals surface area contributed by atoms with Crippen LogP contribution in [0.4, 0.5) is 19.0 Å². The molecule has 0 saturated carbocycles. The fraction of sp³-hybridized carbons (Fsp3) is 0.0476. The molecule has 0 aliphatic carbocycles. The molecule has 0 spiro atoms. The molecular formula is C21H13F3N4. The molecule has 2 aromatic carbocycles. The van der Waals surface area contributed by atoms with Crippen LogP contribution < -0.4 is 5.73 Å². The fourth-order valence-electron chi connectivity index (χ4n) is 3.23. The molecule has 7 heteroatoms. The Balaban J connectivity index is 2.07. The Morgan fingerprint density at radius 1 is 1.11 bits per heavy atom. The number of halogens is 3. The van der Waals surface area contributed by atoms with Gasteiger partial charge in [0.2, 0.25) is 0 Å². The summed E-state index contributed by atoms with van der Waals surface area (Å²) in [4.78, 5) is 6.72. The molecule has 3 N–H and O–H groups in total. The summed E-state index contributed by atoms with van der Waals surface area (Å²) in [6.07, 6.45) is 1.40. The number of aryl methyl sites for hydroxylation is 1. The number of aromatic amines is 1. The first-order chi connectivity index (χ1) is 13.4. The number of nitrogens with two attached hydrogens (primary N) is 1. The summed E-state index contributed by atoms with van der Waals surface area (Å²) in [6, 6.07) is 10.7. The van der Waals surface area contributed by atoms with Gasteiger partial charge in [0, 0.05) is 28.8 Å². The molecular weight excluding hydrogens is 365 g/mol. The molecule has 0 atom stereocenters. The molecule has 4 aromatic rings. The monoisotopic (exact) mass is 378 g/mol. The van der Waals surface area contributed by atoms with Gasteiger partial charge in [0.05, 0.1) is 16.8 Å². The van der Waals surface area contributed by atoms with E-state index in [1.807, 2.05) is 13.0 Å². The van der Waals surface area contributed by atoms with E-state index in [2.05, 4.69) is 9.97 Å². The van der Waals surface area contributed by atoms with Crippen LogP contribution in [0.15, 0.2) is 42.6 Å². The summed E-state index contributed by atoms with van der Waals surface area (Å²) < 4.78 is 42.6. The highest BCUT2D eigenvalue weighted by Crippen LogP contribution is 2.38. The minimum Gasteiger partial charge on any atom is -0.381 e. The van der Waals surface area contributed by atoms with Gasteiger partial charge in [-0.1, -0.05) is 29.8 Å². The average molecular weight is 378 g/mol. The van der Waals surface area contributed by atoms with E-state index in [9.17, 15) is 18.4 Å². The summed E-state index contributed by atoms with van der Waals surface area (Å²) >= 11 is 0. The number of nitrogens with zero attached hydrogens (tertiary/aromatic N) is 2. The van der Waals surface area contributed by atoms with Gasteiger partial charge in [-0.15, -0.1) is 0 Å². The lowest BCUT2D eigenvalue weighted by molar-refractivity contribution is 0.591. The molecule has 0 radical (unpaired) electrons. The second-order valence-corrected chi connectivity index (χ2v) is 6.40. The quantitative estimate of drug-likeness (QED) is 0.511. The van der Waals surface area contributed by atoms with E-state index in [-0.39, 0.29) is 33.3 Å². The molecule has 2 aromatic heterocycles. The molecule has 0 unspecified atom stereocenters. The number of hydrogen-bond donors (Lipinski definition) is 2. The van der Waals surface area contributed by atoms with Gasteiger partial charge in [-0.05, 0) is 18.6 Å². The van der Waals surface area contributed by atoms with Gasteiger partial charge in [0.15, 0.2) is 11.6 Å². The Hall–Kier alpha value is -3.79. The Morgan fingerprint density at radius 3 is 2.50 bits per heavy atom. The Kier molecular flexibility index (Phi) is 4.04. The first kappa shape index (κ1) is 17.6. The van der Waals surface area contributed by atoms with Gasteiger partial charge in [-0.25, -0.2) is 18.2 Å². The van der Waals surface area contributed by atoms with Gasteiger partial charge in [0.25, 0.3) is 0 Å². The molecule has 28 heavy (non-hydrogen) atoms. The van der Waals surface area contributed by atoms with E-state index in [1.165, 1.54) is 6.20 Å². The van der Waals surface area contributed by atoms with Crippen molar-refractivity contribution in [1.82, 2.24) is 9.97 Å². The highest BCUT2D eigenvalue weighted by molar-refractivity contribution is 5.98. The topological polar surface area (TPSA) is 78.5 Å². The minimum atomic E-state index is -0.818. The van der Waals surface area contributed by atoms with Crippen LogP contribution in [0.2, 0.25) is 0 Å². The number of aromatic nitrogens is 2. The normalized spacial score (nSPS) is 11.0. The molecule has 0 bridgehead atoms. The predicted octanol–water partition coefficient (Wildman–Crippen LogP) is 5.08. The summed E-state index contributed by atoms with van der Waals surface area (Å²) in [5.74, 6) is -2.79. The molecule has 138 valence electrons. The third-order valence-electron chi connectivity index (χ3n) is 4.58. The Morgan fingerprint density at radius 2 is 1.82 bits per heavy atom. The van der Waals surface area contributed by atoms with Crippen molar-refractivity contribution in [3.05, 3.63) is 71.2 Å². The zero-order chi connectivity index (χ0) is 20.0. The lowest BCUT2D eigenvalue weighted by atomic mass is 9.95. The van der Waals surface area contributed by atoms with Crippen LogP contribution in [0.25, 0.3) is 33.3 Å². The summed E-state index contributed by atoms with van der Waals surface area (Å²) in [5.41, 5.74) is 7.47.